The largest absolute Gasteiger partial charge is 0.360 e. The first kappa shape index (κ1) is 19.9. The van der Waals surface area contributed by atoms with E-state index in [0.29, 0.717) is 22.3 Å². The Balaban J connectivity index is 1.47. The number of nitro benzene ring substituents is 1. The van der Waals surface area contributed by atoms with E-state index in [2.05, 4.69) is 20.5 Å². The van der Waals surface area contributed by atoms with Crippen molar-refractivity contribution in [2.45, 2.75) is 32.2 Å². The standard InChI is InChI=1S/C22H19FN6O3/c23-17-7-5-13(21-27-26-20-4-2-1-3-9-28(20)21)10-19(17)25-22(30)16-12-24-18-8-6-14(29(31)32)11-15(16)18/h5-8,10-12,24H,1-4,9H2,(H,25,30). The number of amides is 1. The Kier molecular flexibility index (Phi) is 4.89. The summed E-state index contributed by atoms with van der Waals surface area (Å²) >= 11 is 0. The predicted octanol–water partition coefficient (Wildman–Crippen LogP) is 4.45. The molecule has 162 valence electrons. The molecule has 0 saturated heterocycles. The number of anilines is 1. The van der Waals surface area contributed by atoms with Gasteiger partial charge in [0, 0.05) is 47.8 Å². The molecule has 3 heterocycles. The lowest BCUT2D eigenvalue weighted by molar-refractivity contribution is -0.384. The fourth-order valence-corrected chi connectivity index (χ4v) is 4.06. The van der Waals surface area contributed by atoms with Crippen molar-refractivity contribution in [3.63, 3.8) is 0 Å². The first-order valence-corrected chi connectivity index (χ1v) is 10.3. The summed E-state index contributed by atoms with van der Waals surface area (Å²) in [6.07, 6.45) is 5.51. The van der Waals surface area contributed by atoms with Crippen molar-refractivity contribution < 1.29 is 14.1 Å². The van der Waals surface area contributed by atoms with Crippen LogP contribution in [-0.4, -0.2) is 30.6 Å². The van der Waals surface area contributed by atoms with Crippen LogP contribution in [0.25, 0.3) is 22.3 Å². The summed E-state index contributed by atoms with van der Waals surface area (Å²) in [5, 5.41) is 22.6. The fraction of sp³-hybridized carbons (Fsp3) is 0.227. The lowest BCUT2D eigenvalue weighted by Gasteiger charge is -2.10. The zero-order valence-corrected chi connectivity index (χ0v) is 17.0. The fourth-order valence-electron chi connectivity index (χ4n) is 4.06. The van der Waals surface area contributed by atoms with Crippen LogP contribution in [0.1, 0.15) is 35.4 Å². The number of nitrogens with zero attached hydrogens (tertiary/aromatic N) is 4. The Morgan fingerprint density at radius 3 is 2.88 bits per heavy atom. The highest BCUT2D eigenvalue weighted by molar-refractivity contribution is 6.13. The molecule has 0 fully saturated rings. The van der Waals surface area contributed by atoms with Gasteiger partial charge in [-0.3, -0.25) is 14.9 Å². The van der Waals surface area contributed by atoms with Crippen molar-refractivity contribution in [2.75, 3.05) is 5.32 Å². The summed E-state index contributed by atoms with van der Waals surface area (Å²) < 4.78 is 16.6. The van der Waals surface area contributed by atoms with Gasteiger partial charge in [-0.15, -0.1) is 10.2 Å². The minimum atomic E-state index is -0.594. The van der Waals surface area contributed by atoms with Gasteiger partial charge in [0.2, 0.25) is 0 Å². The van der Waals surface area contributed by atoms with Gasteiger partial charge >= 0.3 is 0 Å². The zero-order chi connectivity index (χ0) is 22.2. The first-order chi connectivity index (χ1) is 15.5. The Bertz CT molecular complexity index is 1360. The van der Waals surface area contributed by atoms with Crippen molar-refractivity contribution in [2.24, 2.45) is 0 Å². The molecule has 1 aliphatic rings. The number of aryl methyl sites for hydroxylation is 1. The Morgan fingerprint density at radius 1 is 1.16 bits per heavy atom. The minimum absolute atomic E-state index is 0.00162. The van der Waals surface area contributed by atoms with Crippen molar-refractivity contribution in [3.8, 4) is 11.4 Å². The van der Waals surface area contributed by atoms with Gasteiger partial charge in [0.15, 0.2) is 5.82 Å². The monoisotopic (exact) mass is 434 g/mol. The molecule has 9 nitrogen and oxygen atoms in total. The second-order valence-electron chi connectivity index (χ2n) is 7.74. The highest BCUT2D eigenvalue weighted by Crippen LogP contribution is 2.28. The number of carbonyl (C=O) groups excluding carboxylic acids is 1. The summed E-state index contributed by atoms with van der Waals surface area (Å²) in [4.78, 5) is 26.4. The van der Waals surface area contributed by atoms with Crippen LogP contribution in [0.15, 0.2) is 42.6 Å². The Morgan fingerprint density at radius 2 is 2.03 bits per heavy atom. The maximum absolute atomic E-state index is 14.5. The average Bonchev–Trinajstić information content (AvgIpc) is 3.32. The second-order valence-corrected chi connectivity index (χ2v) is 7.74. The molecule has 32 heavy (non-hydrogen) atoms. The van der Waals surface area contributed by atoms with Crippen LogP contribution < -0.4 is 5.32 Å². The highest BCUT2D eigenvalue weighted by atomic mass is 19.1. The molecule has 5 rings (SSSR count). The van der Waals surface area contributed by atoms with Gasteiger partial charge in [-0.2, -0.15) is 0 Å². The van der Waals surface area contributed by atoms with Gasteiger partial charge in [0.25, 0.3) is 11.6 Å². The van der Waals surface area contributed by atoms with Crippen molar-refractivity contribution in [1.29, 1.82) is 0 Å². The molecule has 1 aliphatic heterocycles. The molecule has 0 radical (unpaired) electrons. The third-order valence-electron chi connectivity index (χ3n) is 5.70. The third kappa shape index (κ3) is 3.49. The molecule has 0 unspecified atom stereocenters. The number of carbonyl (C=O) groups is 1. The second kappa shape index (κ2) is 7.88. The van der Waals surface area contributed by atoms with Gasteiger partial charge in [-0.25, -0.2) is 4.39 Å². The van der Waals surface area contributed by atoms with Gasteiger partial charge < -0.3 is 14.9 Å². The van der Waals surface area contributed by atoms with Crippen LogP contribution in [0, 0.1) is 15.9 Å². The molecule has 2 aromatic carbocycles. The van der Waals surface area contributed by atoms with E-state index in [1.54, 1.807) is 6.07 Å². The van der Waals surface area contributed by atoms with Crippen LogP contribution >= 0.6 is 0 Å². The van der Waals surface area contributed by atoms with Gasteiger partial charge in [0.05, 0.1) is 16.2 Å². The number of nitrogens with one attached hydrogen (secondary N) is 2. The topological polar surface area (TPSA) is 119 Å². The molecule has 10 heteroatoms. The minimum Gasteiger partial charge on any atom is -0.360 e. The third-order valence-corrected chi connectivity index (χ3v) is 5.70. The van der Waals surface area contributed by atoms with E-state index in [1.807, 2.05) is 4.57 Å². The summed E-state index contributed by atoms with van der Waals surface area (Å²) in [6, 6.07) is 8.63. The molecule has 1 amide bonds. The number of aromatic nitrogens is 4. The van der Waals surface area contributed by atoms with E-state index in [1.165, 1.54) is 36.5 Å². The molecular formula is C22H19FN6O3. The molecule has 0 atom stereocenters. The van der Waals surface area contributed by atoms with Crippen LogP contribution in [-0.2, 0) is 13.0 Å². The molecule has 0 spiro atoms. The molecule has 0 saturated carbocycles. The molecule has 4 aromatic rings. The van der Waals surface area contributed by atoms with E-state index in [-0.39, 0.29) is 16.9 Å². The number of fused-ring (bicyclic) bond motifs is 2. The summed E-state index contributed by atoms with van der Waals surface area (Å²) in [5.41, 5.74) is 1.27. The van der Waals surface area contributed by atoms with E-state index in [0.717, 1.165) is 38.1 Å². The van der Waals surface area contributed by atoms with E-state index in [9.17, 15) is 19.3 Å². The lowest BCUT2D eigenvalue weighted by atomic mass is 10.1. The number of aromatic amines is 1. The van der Waals surface area contributed by atoms with Gasteiger partial charge in [0.1, 0.15) is 11.6 Å². The molecule has 0 bridgehead atoms. The number of hydrogen-bond donors (Lipinski definition) is 2. The summed E-state index contributed by atoms with van der Waals surface area (Å²) in [5.74, 6) is 0.379. The van der Waals surface area contributed by atoms with Crippen LogP contribution in [0.5, 0.6) is 0 Å². The first-order valence-electron chi connectivity index (χ1n) is 10.3. The maximum Gasteiger partial charge on any atom is 0.270 e. The van der Waals surface area contributed by atoms with Crippen molar-refractivity contribution in [1.82, 2.24) is 19.7 Å². The molecular weight excluding hydrogens is 415 g/mol. The quantitative estimate of drug-likeness (QED) is 0.363. The number of rotatable bonds is 4. The average molecular weight is 434 g/mol. The molecule has 2 N–H and O–H groups in total. The Labute approximate surface area is 181 Å². The number of nitro groups is 1. The number of hydrogen-bond acceptors (Lipinski definition) is 5. The van der Waals surface area contributed by atoms with E-state index in [4.69, 9.17) is 0 Å². The number of H-pyrrole nitrogens is 1. The van der Waals surface area contributed by atoms with Gasteiger partial charge in [-0.1, -0.05) is 6.42 Å². The SMILES string of the molecule is O=C(Nc1cc(-c2nnc3n2CCCCC3)ccc1F)c1c[nH]c2ccc([N+](=O)[O-])cc12. The number of benzene rings is 2. The lowest BCUT2D eigenvalue weighted by Crippen LogP contribution is -2.13. The number of halogens is 1. The predicted molar refractivity (Wildman–Crippen MR) is 116 cm³/mol. The maximum atomic E-state index is 14.5. The van der Waals surface area contributed by atoms with Gasteiger partial charge in [-0.05, 0) is 37.1 Å². The van der Waals surface area contributed by atoms with Crippen LogP contribution in [0.2, 0.25) is 0 Å². The zero-order valence-electron chi connectivity index (χ0n) is 17.0. The smallest absolute Gasteiger partial charge is 0.270 e. The van der Waals surface area contributed by atoms with E-state index >= 15 is 0 Å². The molecule has 2 aromatic heterocycles. The normalized spacial score (nSPS) is 13.5. The van der Waals surface area contributed by atoms with Crippen molar-refractivity contribution >= 4 is 28.2 Å². The summed E-state index contributed by atoms with van der Waals surface area (Å²) in [6.45, 7) is 0.796. The van der Waals surface area contributed by atoms with Crippen LogP contribution in [0.4, 0.5) is 15.8 Å². The van der Waals surface area contributed by atoms with E-state index < -0.39 is 16.6 Å². The van der Waals surface area contributed by atoms with Crippen LogP contribution in [0.3, 0.4) is 0 Å². The summed E-state index contributed by atoms with van der Waals surface area (Å²) in [7, 11) is 0. The molecule has 0 aliphatic carbocycles. The Hall–Kier alpha value is -4.08. The van der Waals surface area contributed by atoms with Crippen molar-refractivity contribution in [3.05, 3.63) is 69.9 Å². The highest BCUT2D eigenvalue weighted by Gasteiger charge is 2.20. The number of non-ortho nitro benzene ring substituents is 1.